The molecule has 20 heavy (non-hydrogen) atoms. The topological polar surface area (TPSA) is 43.1 Å². The minimum Gasteiger partial charge on any atom is -0.398 e. The van der Waals surface area contributed by atoms with E-state index in [-0.39, 0.29) is 5.78 Å². The van der Waals surface area contributed by atoms with Crippen LogP contribution in [-0.4, -0.2) is 5.78 Å². The van der Waals surface area contributed by atoms with Gasteiger partial charge < -0.3 is 5.73 Å². The van der Waals surface area contributed by atoms with Gasteiger partial charge in [-0.05, 0) is 36.6 Å². The molecule has 0 saturated carbocycles. The average Bonchev–Trinajstić information content (AvgIpc) is 2.48. The van der Waals surface area contributed by atoms with E-state index < -0.39 is 0 Å². The molecule has 0 heterocycles. The first-order valence-electron chi connectivity index (χ1n) is 6.80. The maximum absolute atomic E-state index is 12.3. The highest BCUT2D eigenvalue weighted by Crippen LogP contribution is 2.21. The first-order valence-corrected chi connectivity index (χ1v) is 7.18. The molecule has 104 valence electrons. The van der Waals surface area contributed by atoms with E-state index in [2.05, 4.69) is 6.92 Å². The molecule has 0 amide bonds. The van der Waals surface area contributed by atoms with E-state index in [4.69, 9.17) is 17.3 Å². The van der Waals surface area contributed by atoms with Gasteiger partial charge in [-0.1, -0.05) is 49.2 Å². The van der Waals surface area contributed by atoms with Crippen LogP contribution < -0.4 is 5.73 Å². The van der Waals surface area contributed by atoms with Crippen molar-refractivity contribution in [1.29, 1.82) is 0 Å². The van der Waals surface area contributed by atoms with Gasteiger partial charge in [0.05, 0.1) is 10.7 Å². The van der Waals surface area contributed by atoms with Crippen LogP contribution in [0.5, 0.6) is 0 Å². The van der Waals surface area contributed by atoms with Gasteiger partial charge in [-0.2, -0.15) is 0 Å². The molecule has 2 nitrogen and oxygen atoms in total. The molecule has 0 aromatic heterocycles. The Morgan fingerprint density at radius 1 is 1.10 bits per heavy atom. The third-order valence-electron chi connectivity index (χ3n) is 3.29. The lowest BCUT2D eigenvalue weighted by atomic mass is 10.00. The fourth-order valence-electron chi connectivity index (χ4n) is 2.06. The van der Waals surface area contributed by atoms with Crippen molar-refractivity contribution in [3.05, 3.63) is 64.2 Å². The van der Waals surface area contributed by atoms with Crippen molar-refractivity contribution in [3.63, 3.8) is 0 Å². The van der Waals surface area contributed by atoms with E-state index in [0.717, 1.165) is 6.42 Å². The lowest BCUT2D eigenvalue weighted by molar-refractivity contribution is 0.103. The van der Waals surface area contributed by atoms with Gasteiger partial charge in [0.1, 0.15) is 0 Å². The number of rotatable bonds is 5. The summed E-state index contributed by atoms with van der Waals surface area (Å²) in [5, 5.41) is 0.469. The number of unbranched alkanes of at least 4 members (excludes halogenated alkanes) is 1. The number of aryl methyl sites for hydroxylation is 1. The van der Waals surface area contributed by atoms with Gasteiger partial charge in [-0.15, -0.1) is 0 Å². The molecular formula is C17H18ClNO. The van der Waals surface area contributed by atoms with Crippen molar-refractivity contribution in [3.8, 4) is 0 Å². The molecule has 0 bridgehead atoms. The number of carbonyl (C=O) groups is 1. The van der Waals surface area contributed by atoms with Crippen molar-refractivity contribution >= 4 is 23.1 Å². The zero-order valence-electron chi connectivity index (χ0n) is 11.5. The maximum atomic E-state index is 12.3. The number of anilines is 1. The van der Waals surface area contributed by atoms with Gasteiger partial charge in [0.2, 0.25) is 0 Å². The van der Waals surface area contributed by atoms with Gasteiger partial charge in [0.25, 0.3) is 0 Å². The van der Waals surface area contributed by atoms with Crippen molar-refractivity contribution in [2.24, 2.45) is 0 Å². The second-order valence-electron chi connectivity index (χ2n) is 4.87. The van der Waals surface area contributed by atoms with Crippen LogP contribution in [0.25, 0.3) is 0 Å². The van der Waals surface area contributed by atoms with Crippen LogP contribution in [0.4, 0.5) is 5.69 Å². The fourth-order valence-corrected chi connectivity index (χ4v) is 2.17. The average molecular weight is 288 g/mol. The van der Waals surface area contributed by atoms with Crippen LogP contribution in [0.2, 0.25) is 5.02 Å². The highest BCUT2D eigenvalue weighted by Gasteiger charge is 2.10. The maximum Gasteiger partial charge on any atom is 0.193 e. The summed E-state index contributed by atoms with van der Waals surface area (Å²) in [5.41, 5.74) is 8.66. The molecule has 2 N–H and O–H groups in total. The molecule has 2 aromatic rings. The molecule has 0 spiro atoms. The van der Waals surface area contributed by atoms with E-state index in [1.54, 1.807) is 18.2 Å². The monoisotopic (exact) mass is 287 g/mol. The number of ketones is 1. The minimum absolute atomic E-state index is 0.0320. The number of hydrogen-bond donors (Lipinski definition) is 1. The third-order valence-corrected chi connectivity index (χ3v) is 3.64. The van der Waals surface area contributed by atoms with Gasteiger partial charge in [0, 0.05) is 11.1 Å². The van der Waals surface area contributed by atoms with Gasteiger partial charge in [-0.25, -0.2) is 0 Å². The van der Waals surface area contributed by atoms with Gasteiger partial charge >= 0.3 is 0 Å². The van der Waals surface area contributed by atoms with Crippen LogP contribution in [-0.2, 0) is 6.42 Å². The lowest BCUT2D eigenvalue weighted by Crippen LogP contribution is -2.02. The molecule has 3 heteroatoms. The van der Waals surface area contributed by atoms with E-state index in [0.29, 0.717) is 21.8 Å². The molecular weight excluding hydrogens is 270 g/mol. The zero-order valence-corrected chi connectivity index (χ0v) is 12.3. The molecule has 0 fully saturated rings. The highest BCUT2D eigenvalue weighted by atomic mass is 35.5. The van der Waals surface area contributed by atoms with E-state index in [1.165, 1.54) is 18.4 Å². The Morgan fingerprint density at radius 3 is 2.35 bits per heavy atom. The predicted molar refractivity (Wildman–Crippen MR) is 84.4 cm³/mol. The van der Waals surface area contributed by atoms with Crippen molar-refractivity contribution < 1.29 is 4.79 Å². The highest BCUT2D eigenvalue weighted by molar-refractivity contribution is 6.33. The fraction of sp³-hybridized carbons (Fsp3) is 0.235. The van der Waals surface area contributed by atoms with Crippen LogP contribution in [0.15, 0.2) is 42.5 Å². The Labute approximate surface area is 124 Å². The number of carbonyl (C=O) groups excluding carboxylic acids is 1. The largest absolute Gasteiger partial charge is 0.398 e. The van der Waals surface area contributed by atoms with Crippen molar-refractivity contribution in [2.45, 2.75) is 26.2 Å². The first kappa shape index (κ1) is 14.6. The number of nitrogen functional groups attached to an aromatic ring is 1. The Hall–Kier alpha value is -1.80. The van der Waals surface area contributed by atoms with Crippen molar-refractivity contribution in [2.75, 3.05) is 5.73 Å². The summed E-state index contributed by atoms with van der Waals surface area (Å²) in [4.78, 5) is 12.3. The second-order valence-corrected chi connectivity index (χ2v) is 5.27. The van der Waals surface area contributed by atoms with E-state index in [1.807, 2.05) is 24.3 Å². The standard InChI is InChI=1S/C17H18ClNO/c1-2-3-4-12-5-7-13(8-6-12)17(20)14-9-10-15(18)16(19)11-14/h5-11H,2-4,19H2,1H3. The Bertz CT molecular complexity index is 605. The minimum atomic E-state index is -0.0320. The van der Waals surface area contributed by atoms with E-state index in [9.17, 15) is 4.79 Å². The molecule has 2 aromatic carbocycles. The van der Waals surface area contributed by atoms with Crippen molar-refractivity contribution in [1.82, 2.24) is 0 Å². The Balaban J connectivity index is 2.18. The second kappa shape index (κ2) is 6.58. The van der Waals surface area contributed by atoms with Gasteiger partial charge in [-0.3, -0.25) is 4.79 Å². The summed E-state index contributed by atoms with van der Waals surface area (Å²) in [6.07, 6.45) is 3.39. The molecule has 0 unspecified atom stereocenters. The third kappa shape index (κ3) is 3.40. The van der Waals surface area contributed by atoms with Gasteiger partial charge in [0.15, 0.2) is 5.78 Å². The Morgan fingerprint density at radius 2 is 1.75 bits per heavy atom. The molecule has 0 radical (unpaired) electrons. The van der Waals surface area contributed by atoms with E-state index >= 15 is 0 Å². The molecule has 0 saturated heterocycles. The summed E-state index contributed by atoms with van der Waals surface area (Å²) in [5.74, 6) is -0.0320. The molecule has 2 rings (SSSR count). The lowest BCUT2D eigenvalue weighted by Gasteiger charge is -2.05. The molecule has 0 atom stereocenters. The normalized spacial score (nSPS) is 10.5. The summed E-state index contributed by atoms with van der Waals surface area (Å²) in [7, 11) is 0. The van der Waals surface area contributed by atoms with Crippen LogP contribution in [0, 0.1) is 0 Å². The summed E-state index contributed by atoms with van der Waals surface area (Å²) in [6, 6.07) is 12.8. The summed E-state index contributed by atoms with van der Waals surface area (Å²) >= 11 is 5.86. The van der Waals surface area contributed by atoms with Crippen LogP contribution >= 0.6 is 11.6 Å². The summed E-state index contributed by atoms with van der Waals surface area (Å²) in [6.45, 7) is 2.17. The number of hydrogen-bond acceptors (Lipinski definition) is 2. The summed E-state index contributed by atoms with van der Waals surface area (Å²) < 4.78 is 0. The number of nitrogens with two attached hydrogens (primary N) is 1. The molecule has 0 aliphatic heterocycles. The molecule has 0 aliphatic rings. The Kier molecular flexibility index (Phi) is 4.80. The molecule has 0 aliphatic carbocycles. The predicted octanol–water partition coefficient (Wildman–Crippen LogP) is 4.50. The number of halogens is 1. The SMILES string of the molecule is CCCCc1ccc(C(=O)c2ccc(Cl)c(N)c2)cc1. The zero-order chi connectivity index (χ0) is 14.5. The smallest absolute Gasteiger partial charge is 0.193 e. The van der Waals surface area contributed by atoms with Crippen LogP contribution in [0.1, 0.15) is 41.3 Å². The van der Waals surface area contributed by atoms with Crippen LogP contribution in [0.3, 0.4) is 0 Å². The quantitative estimate of drug-likeness (QED) is 0.650. The first-order chi connectivity index (χ1) is 9.61. The number of benzene rings is 2.